The standard InChI is InChI=1S/C26H30N4O3/c1-4-30(25(31)23-14-17(2)28-26(27)29-23)21-12-13-33-24(16-21)20-7-5-6-19(15-20)18-8-10-22(32-3)11-9-18/h5-11,14-15,21,24H,4,12-13,16H2,1-3H3,(H2,27,28,29)/t21-,24+/m0/s1. The van der Waals surface area contributed by atoms with Crippen molar-refractivity contribution in [3.05, 3.63) is 71.5 Å². The molecule has 1 aliphatic rings. The maximum Gasteiger partial charge on any atom is 0.272 e. The second kappa shape index (κ2) is 10.0. The van der Waals surface area contributed by atoms with Crippen LogP contribution in [0.25, 0.3) is 11.1 Å². The summed E-state index contributed by atoms with van der Waals surface area (Å²) in [5.41, 5.74) is 10.1. The van der Waals surface area contributed by atoms with Gasteiger partial charge in [0, 0.05) is 24.9 Å². The van der Waals surface area contributed by atoms with E-state index in [0.29, 0.717) is 24.5 Å². The maximum absolute atomic E-state index is 13.2. The van der Waals surface area contributed by atoms with Gasteiger partial charge in [0.1, 0.15) is 11.4 Å². The Bertz CT molecular complexity index is 1100. The SMILES string of the molecule is CCN(C(=O)c1cc(C)nc(N)n1)[C@H]1CCO[C@@H](c2cccc(-c3ccc(OC)cc3)c2)C1. The van der Waals surface area contributed by atoms with E-state index < -0.39 is 0 Å². The van der Waals surface area contributed by atoms with Gasteiger partial charge in [-0.25, -0.2) is 9.97 Å². The third kappa shape index (κ3) is 5.14. The molecule has 0 spiro atoms. The van der Waals surface area contributed by atoms with Crippen LogP contribution < -0.4 is 10.5 Å². The fourth-order valence-corrected chi connectivity index (χ4v) is 4.41. The molecule has 2 atom stereocenters. The topological polar surface area (TPSA) is 90.6 Å². The van der Waals surface area contributed by atoms with Gasteiger partial charge in [-0.2, -0.15) is 0 Å². The maximum atomic E-state index is 13.2. The van der Waals surface area contributed by atoms with E-state index in [1.165, 1.54) is 0 Å². The first-order valence-corrected chi connectivity index (χ1v) is 11.3. The predicted octanol–water partition coefficient (Wildman–Crippen LogP) is 4.43. The Labute approximate surface area is 194 Å². The molecule has 1 fully saturated rings. The minimum absolute atomic E-state index is 0.0578. The highest BCUT2D eigenvalue weighted by Crippen LogP contribution is 2.33. The lowest BCUT2D eigenvalue weighted by Crippen LogP contribution is -2.44. The smallest absolute Gasteiger partial charge is 0.272 e. The van der Waals surface area contributed by atoms with E-state index in [1.807, 2.05) is 30.9 Å². The van der Waals surface area contributed by atoms with Crippen LogP contribution in [0.4, 0.5) is 5.95 Å². The molecule has 2 heterocycles. The predicted molar refractivity (Wildman–Crippen MR) is 128 cm³/mol. The number of nitrogen functional groups attached to an aromatic ring is 1. The third-order valence-corrected chi connectivity index (χ3v) is 6.07. The summed E-state index contributed by atoms with van der Waals surface area (Å²) in [7, 11) is 1.66. The molecule has 0 bridgehead atoms. The van der Waals surface area contributed by atoms with Crippen LogP contribution in [-0.2, 0) is 4.74 Å². The van der Waals surface area contributed by atoms with Crippen molar-refractivity contribution in [1.82, 2.24) is 14.9 Å². The lowest BCUT2D eigenvalue weighted by atomic mass is 9.93. The van der Waals surface area contributed by atoms with E-state index in [0.717, 1.165) is 35.3 Å². The van der Waals surface area contributed by atoms with Crippen molar-refractivity contribution >= 4 is 11.9 Å². The second-order valence-electron chi connectivity index (χ2n) is 8.24. The molecule has 4 rings (SSSR count). The average Bonchev–Trinajstić information content (AvgIpc) is 2.84. The van der Waals surface area contributed by atoms with Crippen molar-refractivity contribution in [2.45, 2.75) is 38.8 Å². The number of hydrogen-bond acceptors (Lipinski definition) is 6. The highest BCUT2D eigenvalue weighted by Gasteiger charge is 2.31. The fourth-order valence-electron chi connectivity index (χ4n) is 4.41. The summed E-state index contributed by atoms with van der Waals surface area (Å²) >= 11 is 0. The number of amides is 1. The molecule has 33 heavy (non-hydrogen) atoms. The van der Waals surface area contributed by atoms with Crippen LogP contribution in [0.3, 0.4) is 0 Å². The van der Waals surface area contributed by atoms with E-state index in [1.54, 1.807) is 13.2 Å². The molecule has 7 nitrogen and oxygen atoms in total. The first-order valence-electron chi connectivity index (χ1n) is 11.3. The van der Waals surface area contributed by atoms with Crippen LogP contribution in [0, 0.1) is 6.92 Å². The molecule has 2 aromatic carbocycles. The highest BCUT2D eigenvalue weighted by atomic mass is 16.5. The zero-order valence-corrected chi connectivity index (χ0v) is 19.3. The van der Waals surface area contributed by atoms with Gasteiger partial charge in [-0.15, -0.1) is 0 Å². The Morgan fingerprint density at radius 2 is 1.94 bits per heavy atom. The third-order valence-electron chi connectivity index (χ3n) is 6.07. The molecule has 3 aromatic rings. The number of aromatic nitrogens is 2. The molecule has 0 saturated carbocycles. The zero-order chi connectivity index (χ0) is 23.4. The van der Waals surface area contributed by atoms with Gasteiger partial charge in [0.15, 0.2) is 0 Å². The van der Waals surface area contributed by atoms with Crippen LogP contribution >= 0.6 is 0 Å². The number of rotatable bonds is 6. The number of anilines is 1. The summed E-state index contributed by atoms with van der Waals surface area (Å²) in [5, 5.41) is 0. The van der Waals surface area contributed by atoms with Crippen molar-refractivity contribution in [3.8, 4) is 16.9 Å². The number of nitrogens with two attached hydrogens (primary N) is 1. The molecule has 1 aromatic heterocycles. The van der Waals surface area contributed by atoms with Gasteiger partial charge >= 0.3 is 0 Å². The lowest BCUT2D eigenvalue weighted by Gasteiger charge is -2.37. The number of ether oxygens (including phenoxy) is 2. The molecular weight excluding hydrogens is 416 g/mol. The molecule has 0 radical (unpaired) electrons. The van der Waals surface area contributed by atoms with Crippen LogP contribution in [-0.4, -0.2) is 47.1 Å². The zero-order valence-electron chi connectivity index (χ0n) is 19.3. The van der Waals surface area contributed by atoms with Gasteiger partial charge < -0.3 is 20.1 Å². The number of aryl methyl sites for hydroxylation is 1. The molecule has 172 valence electrons. The first kappa shape index (κ1) is 22.7. The van der Waals surface area contributed by atoms with Gasteiger partial charge in [0.2, 0.25) is 5.95 Å². The van der Waals surface area contributed by atoms with E-state index in [9.17, 15) is 4.79 Å². The number of nitrogens with zero attached hydrogens (tertiary/aromatic N) is 3. The minimum Gasteiger partial charge on any atom is -0.497 e. The van der Waals surface area contributed by atoms with Crippen molar-refractivity contribution in [1.29, 1.82) is 0 Å². The highest BCUT2D eigenvalue weighted by molar-refractivity contribution is 5.92. The number of carbonyl (C=O) groups is 1. The normalized spacial score (nSPS) is 18.0. The number of methoxy groups -OCH3 is 1. The number of carbonyl (C=O) groups excluding carboxylic acids is 1. The second-order valence-corrected chi connectivity index (χ2v) is 8.24. The van der Waals surface area contributed by atoms with Gasteiger partial charge in [-0.1, -0.05) is 30.3 Å². The van der Waals surface area contributed by atoms with E-state index >= 15 is 0 Å². The van der Waals surface area contributed by atoms with Crippen molar-refractivity contribution in [2.24, 2.45) is 0 Å². The van der Waals surface area contributed by atoms with Gasteiger partial charge in [-0.05, 0) is 67.6 Å². The van der Waals surface area contributed by atoms with E-state index in [2.05, 4.69) is 46.4 Å². The molecule has 1 saturated heterocycles. The van der Waals surface area contributed by atoms with Crippen molar-refractivity contribution in [2.75, 3.05) is 26.0 Å². The van der Waals surface area contributed by atoms with Gasteiger partial charge in [0.25, 0.3) is 5.91 Å². The molecule has 0 aliphatic carbocycles. The molecular formula is C26H30N4O3. The van der Waals surface area contributed by atoms with Gasteiger partial charge in [-0.3, -0.25) is 4.79 Å². The number of hydrogen-bond donors (Lipinski definition) is 1. The molecule has 0 unspecified atom stereocenters. The van der Waals surface area contributed by atoms with Crippen LogP contribution in [0.5, 0.6) is 5.75 Å². The fraction of sp³-hybridized carbons (Fsp3) is 0.346. The Balaban J connectivity index is 1.53. The first-order chi connectivity index (χ1) is 16.0. The summed E-state index contributed by atoms with van der Waals surface area (Å²) in [6.45, 7) is 4.98. The molecule has 2 N–H and O–H groups in total. The van der Waals surface area contributed by atoms with Gasteiger partial charge in [0.05, 0.1) is 13.2 Å². The summed E-state index contributed by atoms with van der Waals surface area (Å²) in [5.74, 6) is 0.834. The van der Waals surface area contributed by atoms with E-state index in [-0.39, 0.29) is 24.0 Å². The summed E-state index contributed by atoms with van der Waals surface area (Å²) in [4.78, 5) is 23.4. The summed E-state index contributed by atoms with van der Waals surface area (Å²) < 4.78 is 11.4. The quantitative estimate of drug-likeness (QED) is 0.603. The van der Waals surface area contributed by atoms with Crippen LogP contribution in [0.1, 0.15) is 47.6 Å². The number of benzene rings is 2. The Morgan fingerprint density at radius 3 is 2.64 bits per heavy atom. The molecule has 1 aliphatic heterocycles. The summed E-state index contributed by atoms with van der Waals surface area (Å²) in [6, 6.07) is 18.2. The average molecular weight is 447 g/mol. The van der Waals surface area contributed by atoms with E-state index in [4.69, 9.17) is 15.2 Å². The monoisotopic (exact) mass is 446 g/mol. The Hall–Kier alpha value is -3.45. The lowest BCUT2D eigenvalue weighted by molar-refractivity contribution is -0.0232. The van der Waals surface area contributed by atoms with Crippen LogP contribution in [0.15, 0.2) is 54.6 Å². The van der Waals surface area contributed by atoms with Crippen molar-refractivity contribution in [3.63, 3.8) is 0 Å². The minimum atomic E-state index is -0.118. The summed E-state index contributed by atoms with van der Waals surface area (Å²) in [6.07, 6.45) is 1.43. The Morgan fingerprint density at radius 1 is 1.15 bits per heavy atom. The largest absolute Gasteiger partial charge is 0.497 e. The Kier molecular flexibility index (Phi) is 6.89. The van der Waals surface area contributed by atoms with Crippen LogP contribution in [0.2, 0.25) is 0 Å². The molecule has 7 heteroatoms. The molecule has 1 amide bonds. The van der Waals surface area contributed by atoms with Crippen molar-refractivity contribution < 1.29 is 14.3 Å².